The molecule has 566 valence electrons. The van der Waals surface area contributed by atoms with Gasteiger partial charge in [0.2, 0.25) is 0 Å². The molecule has 0 radical (unpaired) electrons. The lowest BCUT2D eigenvalue weighted by molar-refractivity contribution is 0.397. The van der Waals surface area contributed by atoms with Crippen LogP contribution in [0.4, 0.5) is 0 Å². The first-order chi connectivity index (χ1) is 54.2. The van der Waals surface area contributed by atoms with Crippen molar-refractivity contribution in [1.29, 1.82) is 0 Å². The zero-order chi connectivity index (χ0) is 76.0. The van der Waals surface area contributed by atoms with Gasteiger partial charge in [-0.3, -0.25) is 4.98 Å². The van der Waals surface area contributed by atoms with Crippen molar-refractivity contribution in [3.8, 4) is 55.8 Å². The van der Waals surface area contributed by atoms with E-state index in [1.807, 2.05) is 6.20 Å². The third kappa shape index (κ3) is 20.8. The Morgan fingerprint density at radius 2 is 0.473 bits per heavy atom. The molecule has 0 saturated heterocycles. The summed E-state index contributed by atoms with van der Waals surface area (Å²) in [5, 5.41) is 8.39. The second kappa shape index (κ2) is 42.2. The van der Waals surface area contributed by atoms with Gasteiger partial charge in [0.05, 0.1) is 5.69 Å². The van der Waals surface area contributed by atoms with E-state index in [0.717, 1.165) is 5.69 Å². The number of nitrogens with zero attached hydrogens (tertiary/aromatic N) is 1. The predicted molar refractivity (Wildman–Crippen MR) is 485 cm³/mol. The number of fused-ring (bicyclic) bond motifs is 6. The smallest absolute Gasteiger partial charge is 0.0702 e. The van der Waals surface area contributed by atoms with E-state index in [9.17, 15) is 0 Å². The minimum atomic E-state index is -0.446. The van der Waals surface area contributed by atoms with E-state index in [4.69, 9.17) is 4.98 Å². The first kappa shape index (κ1) is 80.9. The zero-order valence-electron chi connectivity index (χ0n) is 67.4. The normalized spacial score (nSPS) is 12.7. The van der Waals surface area contributed by atoms with Crippen molar-refractivity contribution in [2.45, 2.75) is 232 Å². The highest BCUT2D eigenvalue weighted by Gasteiger charge is 2.45. The molecule has 1 heterocycles. The SMILES string of the molecule is CCCCCCCCC1(CCCCCCCC)c2cc(C)ccc2-c2ccc(-c3ccc4c(c3)C(CCCCCCCC)(CCCCCCCC)c3cc(-c5ccc(-c6ccc(C)cn6)cc5)ccc3-4)cc21.c1ccc(P(c2ccccc2)c2ccccc2)cc1.c1ccc(P(c2ccccc2)c2ccccc2)cc1. The predicted octanol–water partition coefficient (Wildman–Crippen LogP) is 29.1. The Labute approximate surface area is 666 Å². The Balaban J connectivity index is 0.000000236. The van der Waals surface area contributed by atoms with Gasteiger partial charge in [0, 0.05) is 22.6 Å². The van der Waals surface area contributed by atoms with Crippen LogP contribution in [0.1, 0.15) is 241 Å². The highest BCUT2D eigenvalue weighted by molar-refractivity contribution is 7.80. The summed E-state index contributed by atoms with van der Waals surface area (Å²) in [4.78, 5) is 4.76. The molecule has 0 bridgehead atoms. The summed E-state index contributed by atoms with van der Waals surface area (Å²) in [6.07, 6.45) is 39.0. The fourth-order valence-corrected chi connectivity index (χ4v) is 22.2. The van der Waals surface area contributed by atoms with Gasteiger partial charge in [0.15, 0.2) is 0 Å². The molecular formula is C107H123NP2. The molecule has 0 N–H and O–H groups in total. The highest BCUT2D eigenvalue weighted by Crippen LogP contribution is 2.58. The molecule has 0 spiro atoms. The van der Waals surface area contributed by atoms with E-state index in [-0.39, 0.29) is 10.8 Å². The standard InChI is InChI=1S/C71H93N.2C18H15P/c1-7-11-15-19-23-27-45-70(46-28-24-20-16-12-8-2)65-49-54(5)31-40-61(65)62-42-38-59(51-67(62)70)60-39-43-64-63-41-37-58(56-33-35-57(36-34-56)69-44-32-55(6)53-72-69)50-66(63)71(68(64)52-60,47-29-25-21-17-13-9-3)48-30-26-22-18-14-10-4;2*1-4-10-16(11-5-1)19(17-12-6-2-7-13-17)18-14-8-3-9-15-18/h31-44,49-53H,7-30,45-48H2,1-6H3;2*1-15H. The Morgan fingerprint density at radius 1 is 0.227 bits per heavy atom. The maximum absolute atomic E-state index is 4.76. The average molecular weight is 1490 g/mol. The Kier molecular flexibility index (Phi) is 31.0. The summed E-state index contributed by atoms with van der Waals surface area (Å²) in [6, 6.07) is 109. The van der Waals surface area contributed by atoms with Crippen LogP contribution in [0.25, 0.3) is 55.8 Å². The number of unbranched alkanes of at least 4 members (excludes halogenated alkanes) is 20. The molecule has 0 saturated carbocycles. The van der Waals surface area contributed by atoms with Gasteiger partial charge in [0.1, 0.15) is 0 Å². The molecule has 2 aliphatic rings. The van der Waals surface area contributed by atoms with E-state index >= 15 is 0 Å². The van der Waals surface area contributed by atoms with Gasteiger partial charge in [0.25, 0.3) is 0 Å². The van der Waals surface area contributed by atoms with Crippen LogP contribution in [0, 0.1) is 13.8 Å². The molecule has 11 aromatic carbocycles. The molecule has 2 aliphatic carbocycles. The van der Waals surface area contributed by atoms with Gasteiger partial charge in [-0.25, -0.2) is 0 Å². The summed E-state index contributed by atoms with van der Waals surface area (Å²) < 4.78 is 0. The topological polar surface area (TPSA) is 12.9 Å². The molecule has 0 unspecified atom stereocenters. The van der Waals surface area contributed by atoms with Crippen LogP contribution in [0.15, 0.2) is 297 Å². The number of rotatable bonds is 37. The Hall–Kier alpha value is -8.57. The maximum Gasteiger partial charge on any atom is 0.0702 e. The maximum atomic E-state index is 4.76. The zero-order valence-corrected chi connectivity index (χ0v) is 69.2. The number of benzene rings is 11. The van der Waals surface area contributed by atoms with Crippen molar-refractivity contribution in [2.24, 2.45) is 0 Å². The molecule has 0 fully saturated rings. The second-order valence-corrected chi connectivity index (χ2v) is 36.0. The number of pyridine rings is 1. The van der Waals surface area contributed by atoms with Crippen molar-refractivity contribution < 1.29 is 0 Å². The Morgan fingerprint density at radius 3 is 0.764 bits per heavy atom. The van der Waals surface area contributed by atoms with E-state index in [1.165, 1.54) is 273 Å². The number of aromatic nitrogens is 1. The molecule has 0 amide bonds. The first-order valence-electron chi connectivity index (χ1n) is 42.8. The minimum absolute atomic E-state index is 0.0121. The molecule has 0 aliphatic heterocycles. The van der Waals surface area contributed by atoms with Gasteiger partial charge in [-0.2, -0.15) is 0 Å². The molecule has 14 rings (SSSR count). The monoisotopic (exact) mass is 1480 g/mol. The third-order valence-electron chi connectivity index (χ3n) is 23.5. The molecular weight excluding hydrogens is 1360 g/mol. The van der Waals surface area contributed by atoms with Crippen molar-refractivity contribution in [3.63, 3.8) is 0 Å². The summed E-state index contributed by atoms with van der Waals surface area (Å²) in [5.41, 5.74) is 22.6. The van der Waals surface area contributed by atoms with Crippen molar-refractivity contribution in [1.82, 2.24) is 4.98 Å². The summed E-state index contributed by atoms with van der Waals surface area (Å²) in [6.45, 7) is 13.8. The van der Waals surface area contributed by atoms with E-state index in [1.54, 1.807) is 22.3 Å². The summed E-state index contributed by atoms with van der Waals surface area (Å²) >= 11 is 0. The number of hydrogen-bond acceptors (Lipinski definition) is 1. The van der Waals surface area contributed by atoms with E-state index in [2.05, 4.69) is 333 Å². The van der Waals surface area contributed by atoms with Crippen molar-refractivity contribution >= 4 is 47.7 Å². The van der Waals surface area contributed by atoms with Crippen molar-refractivity contribution in [2.75, 3.05) is 0 Å². The number of hydrogen-bond donors (Lipinski definition) is 0. The minimum Gasteiger partial charge on any atom is -0.256 e. The van der Waals surface area contributed by atoms with Gasteiger partial charge in [-0.15, -0.1) is 0 Å². The lowest BCUT2D eigenvalue weighted by atomic mass is 9.69. The summed E-state index contributed by atoms with van der Waals surface area (Å²) in [7, 11) is -0.892. The molecule has 110 heavy (non-hydrogen) atoms. The number of aryl methyl sites for hydroxylation is 2. The quantitative estimate of drug-likeness (QED) is 0.0279. The molecule has 12 aromatic rings. The van der Waals surface area contributed by atoms with Gasteiger partial charge in [-0.05, 0) is 184 Å². The fourth-order valence-electron chi connectivity index (χ4n) is 17.6. The van der Waals surface area contributed by atoms with Crippen LogP contribution in [-0.2, 0) is 10.8 Å². The van der Waals surface area contributed by atoms with Crippen molar-refractivity contribution in [3.05, 3.63) is 331 Å². The largest absolute Gasteiger partial charge is 0.256 e. The average Bonchev–Trinajstić information content (AvgIpc) is 1.57. The molecule has 1 aromatic heterocycles. The van der Waals surface area contributed by atoms with E-state index < -0.39 is 15.8 Å². The lowest BCUT2D eigenvalue weighted by Gasteiger charge is -2.34. The van der Waals surface area contributed by atoms with Crippen LogP contribution in [-0.4, -0.2) is 4.98 Å². The van der Waals surface area contributed by atoms with Crippen LogP contribution in [0.5, 0.6) is 0 Å². The van der Waals surface area contributed by atoms with Crippen LogP contribution in [0.2, 0.25) is 0 Å². The van der Waals surface area contributed by atoms with Gasteiger partial charge in [-0.1, -0.05) is 454 Å². The van der Waals surface area contributed by atoms with Gasteiger partial charge >= 0.3 is 0 Å². The van der Waals surface area contributed by atoms with Crippen LogP contribution in [0.3, 0.4) is 0 Å². The Bertz CT molecular complexity index is 4330. The first-order valence-corrected chi connectivity index (χ1v) is 45.4. The van der Waals surface area contributed by atoms with E-state index in [0.29, 0.717) is 0 Å². The van der Waals surface area contributed by atoms with Crippen LogP contribution >= 0.6 is 15.8 Å². The fraction of sp³-hybridized carbons (Fsp3) is 0.336. The molecule has 0 atom stereocenters. The van der Waals surface area contributed by atoms with Crippen LogP contribution < -0.4 is 31.8 Å². The highest BCUT2D eigenvalue weighted by atomic mass is 31.1. The second-order valence-electron chi connectivity index (χ2n) is 31.5. The molecule has 3 heteroatoms. The lowest BCUT2D eigenvalue weighted by Crippen LogP contribution is -2.26. The molecule has 1 nitrogen and oxygen atoms in total. The third-order valence-corrected chi connectivity index (χ3v) is 28.4. The summed E-state index contributed by atoms with van der Waals surface area (Å²) in [5.74, 6) is 0. The van der Waals surface area contributed by atoms with Gasteiger partial charge < -0.3 is 0 Å².